The van der Waals surface area contributed by atoms with Crippen LogP contribution in [0.2, 0.25) is 0 Å². The van der Waals surface area contributed by atoms with Gasteiger partial charge in [0.25, 0.3) is 0 Å². The van der Waals surface area contributed by atoms with Crippen molar-refractivity contribution in [1.29, 1.82) is 0 Å². The zero-order valence-corrected chi connectivity index (χ0v) is 20.9. The number of nitrogens with one attached hydrogen (secondary N) is 2. The van der Waals surface area contributed by atoms with Crippen LogP contribution in [0.15, 0.2) is 46.8 Å². The van der Waals surface area contributed by atoms with E-state index >= 15 is 0 Å². The van der Waals surface area contributed by atoms with E-state index in [1.165, 1.54) is 10.4 Å². The summed E-state index contributed by atoms with van der Waals surface area (Å²) in [6.07, 6.45) is 0.910. The molecule has 0 aliphatic carbocycles. The van der Waals surface area contributed by atoms with Crippen molar-refractivity contribution in [3.8, 4) is 5.75 Å². The first kappa shape index (κ1) is 24.9. The van der Waals surface area contributed by atoms with E-state index < -0.39 is 0 Å². The van der Waals surface area contributed by atoms with Gasteiger partial charge in [-0.05, 0) is 36.4 Å². The predicted molar refractivity (Wildman–Crippen MR) is 136 cm³/mol. The number of ether oxygens (including phenoxy) is 2. The van der Waals surface area contributed by atoms with Gasteiger partial charge in [-0.3, -0.25) is 9.89 Å². The van der Waals surface area contributed by atoms with Crippen LogP contribution < -0.4 is 15.4 Å². The van der Waals surface area contributed by atoms with Crippen molar-refractivity contribution in [2.24, 2.45) is 4.99 Å². The molecule has 0 amide bonds. The maximum Gasteiger partial charge on any atom is 0.191 e. The maximum absolute atomic E-state index is 5.86. The Morgan fingerprint density at radius 1 is 1.20 bits per heavy atom. The summed E-state index contributed by atoms with van der Waals surface area (Å²) in [7, 11) is 1.81. The molecule has 1 unspecified atom stereocenters. The van der Waals surface area contributed by atoms with Gasteiger partial charge in [0.1, 0.15) is 5.75 Å². The zero-order valence-electron chi connectivity index (χ0n) is 17.8. The molecule has 8 heteroatoms. The van der Waals surface area contributed by atoms with Crippen molar-refractivity contribution >= 4 is 41.3 Å². The minimum absolute atomic E-state index is 0. The lowest BCUT2D eigenvalue weighted by Crippen LogP contribution is -2.46. The van der Waals surface area contributed by atoms with E-state index in [4.69, 9.17) is 9.47 Å². The molecule has 2 heterocycles. The molecule has 30 heavy (non-hydrogen) atoms. The van der Waals surface area contributed by atoms with E-state index in [9.17, 15) is 0 Å². The highest BCUT2D eigenvalue weighted by atomic mass is 127. The Morgan fingerprint density at radius 3 is 2.70 bits per heavy atom. The molecule has 1 saturated heterocycles. The molecule has 1 atom stereocenters. The van der Waals surface area contributed by atoms with Crippen molar-refractivity contribution in [1.82, 2.24) is 15.5 Å². The number of benzene rings is 1. The number of rotatable bonds is 9. The largest absolute Gasteiger partial charge is 0.493 e. The number of nitrogens with zero attached hydrogens (tertiary/aromatic N) is 2. The molecule has 1 fully saturated rings. The number of para-hydroxylation sites is 1. The molecule has 1 aromatic heterocycles. The van der Waals surface area contributed by atoms with Crippen molar-refractivity contribution in [2.75, 3.05) is 53.0 Å². The Bertz CT molecular complexity index is 751. The third kappa shape index (κ3) is 7.72. The molecular formula is C22H33IN4O2S. The molecule has 0 bridgehead atoms. The number of aliphatic imine (C=N–C) groups is 1. The van der Waals surface area contributed by atoms with Crippen LogP contribution in [0.3, 0.4) is 0 Å². The van der Waals surface area contributed by atoms with Gasteiger partial charge < -0.3 is 20.1 Å². The first-order chi connectivity index (χ1) is 14.3. The van der Waals surface area contributed by atoms with E-state index in [-0.39, 0.29) is 24.0 Å². The van der Waals surface area contributed by atoms with Crippen LogP contribution in [0, 0.1) is 6.92 Å². The first-order valence-corrected chi connectivity index (χ1v) is 11.1. The van der Waals surface area contributed by atoms with Gasteiger partial charge in [0.05, 0.1) is 25.9 Å². The monoisotopic (exact) mass is 544 g/mol. The van der Waals surface area contributed by atoms with Gasteiger partial charge in [0, 0.05) is 38.1 Å². The summed E-state index contributed by atoms with van der Waals surface area (Å²) in [6.45, 7) is 7.91. The molecule has 0 radical (unpaired) electrons. The lowest BCUT2D eigenvalue weighted by molar-refractivity contribution is 0.0177. The van der Waals surface area contributed by atoms with Crippen LogP contribution in [0.1, 0.15) is 22.9 Å². The highest BCUT2D eigenvalue weighted by molar-refractivity contribution is 14.0. The molecule has 3 rings (SSSR count). The molecule has 1 aliphatic heterocycles. The van der Waals surface area contributed by atoms with Crippen LogP contribution in [-0.4, -0.2) is 63.9 Å². The summed E-state index contributed by atoms with van der Waals surface area (Å²) in [5.41, 5.74) is 1.17. The summed E-state index contributed by atoms with van der Waals surface area (Å²) >= 11 is 1.81. The van der Waals surface area contributed by atoms with E-state index in [0.717, 1.165) is 57.5 Å². The van der Waals surface area contributed by atoms with E-state index in [1.807, 2.05) is 36.6 Å². The third-order valence-corrected chi connectivity index (χ3v) is 5.98. The lowest BCUT2D eigenvalue weighted by atomic mass is 10.2. The predicted octanol–water partition coefficient (Wildman–Crippen LogP) is 3.68. The molecule has 6 nitrogen and oxygen atoms in total. The van der Waals surface area contributed by atoms with Gasteiger partial charge in [-0.2, -0.15) is 0 Å². The van der Waals surface area contributed by atoms with Crippen LogP contribution in [0.5, 0.6) is 5.75 Å². The highest BCUT2D eigenvalue weighted by Gasteiger charge is 2.23. The summed E-state index contributed by atoms with van der Waals surface area (Å²) in [5.74, 6) is 1.79. The van der Waals surface area contributed by atoms with Gasteiger partial charge in [0.15, 0.2) is 5.96 Å². The third-order valence-electron chi connectivity index (χ3n) is 5.01. The van der Waals surface area contributed by atoms with Crippen molar-refractivity contribution in [3.63, 3.8) is 0 Å². The average molecular weight is 545 g/mol. The summed E-state index contributed by atoms with van der Waals surface area (Å²) < 4.78 is 11.4. The number of halogens is 1. The minimum Gasteiger partial charge on any atom is -0.493 e. The smallest absolute Gasteiger partial charge is 0.191 e. The van der Waals surface area contributed by atoms with E-state index in [1.54, 1.807) is 0 Å². The number of guanidine groups is 1. The fraction of sp³-hybridized carbons (Fsp3) is 0.500. The Balaban J connectivity index is 0.00000320. The number of hydrogen-bond donors (Lipinski definition) is 2. The van der Waals surface area contributed by atoms with Gasteiger partial charge in [-0.15, -0.1) is 35.3 Å². The second-order valence-electron chi connectivity index (χ2n) is 7.03. The summed E-state index contributed by atoms with van der Waals surface area (Å²) in [6, 6.07) is 12.8. The number of aryl methyl sites for hydroxylation is 1. The fourth-order valence-electron chi connectivity index (χ4n) is 3.37. The maximum atomic E-state index is 5.86. The molecule has 0 spiro atoms. The van der Waals surface area contributed by atoms with Crippen LogP contribution in [0.4, 0.5) is 0 Å². The molecule has 1 aliphatic rings. The van der Waals surface area contributed by atoms with Crippen LogP contribution in [0.25, 0.3) is 0 Å². The Labute approximate surface area is 201 Å². The Kier molecular flexibility index (Phi) is 11.5. The highest BCUT2D eigenvalue weighted by Crippen LogP contribution is 2.25. The van der Waals surface area contributed by atoms with Crippen molar-refractivity contribution in [3.05, 3.63) is 52.2 Å². The fourth-order valence-corrected chi connectivity index (χ4v) is 4.23. The quantitative estimate of drug-likeness (QED) is 0.218. The van der Waals surface area contributed by atoms with Crippen molar-refractivity contribution < 1.29 is 9.47 Å². The second-order valence-corrected chi connectivity index (χ2v) is 8.01. The average Bonchev–Trinajstić information content (AvgIpc) is 3.29. The molecule has 2 N–H and O–H groups in total. The Hall–Kier alpha value is -1.36. The minimum atomic E-state index is 0. The summed E-state index contributed by atoms with van der Waals surface area (Å²) in [5, 5.41) is 9.03. The van der Waals surface area contributed by atoms with Gasteiger partial charge in [-0.1, -0.05) is 24.3 Å². The molecule has 1 aromatic carbocycles. The Morgan fingerprint density at radius 2 is 2.00 bits per heavy atom. The number of morpholine rings is 1. The SMILES string of the molecule is CN=C(NCCCOc1ccccc1C)NCC(c1cccs1)N1CCOCC1.I. The molecule has 2 aromatic rings. The second kappa shape index (κ2) is 13.8. The first-order valence-electron chi connectivity index (χ1n) is 10.3. The van der Waals surface area contributed by atoms with E-state index in [0.29, 0.717) is 12.6 Å². The van der Waals surface area contributed by atoms with E-state index in [2.05, 4.69) is 51.0 Å². The lowest BCUT2D eigenvalue weighted by Gasteiger charge is -2.34. The molecule has 0 saturated carbocycles. The number of thiophene rings is 1. The topological polar surface area (TPSA) is 58.1 Å². The van der Waals surface area contributed by atoms with Gasteiger partial charge in [0.2, 0.25) is 0 Å². The summed E-state index contributed by atoms with van der Waals surface area (Å²) in [4.78, 5) is 8.24. The molecular weight excluding hydrogens is 511 g/mol. The standard InChI is InChI=1S/C22H32N4O2S.HI/c1-18-7-3-4-8-20(18)28-13-6-10-24-22(23-2)25-17-19(21-9-5-16-29-21)26-11-14-27-15-12-26;/h3-5,7-9,16,19H,6,10-15,17H2,1-2H3,(H2,23,24,25);1H. The van der Waals surface area contributed by atoms with Crippen LogP contribution >= 0.6 is 35.3 Å². The van der Waals surface area contributed by atoms with Crippen LogP contribution in [-0.2, 0) is 4.74 Å². The van der Waals surface area contributed by atoms with Gasteiger partial charge >= 0.3 is 0 Å². The zero-order chi connectivity index (χ0) is 20.3. The van der Waals surface area contributed by atoms with Gasteiger partial charge in [-0.25, -0.2) is 0 Å². The molecule has 166 valence electrons. The number of hydrogen-bond acceptors (Lipinski definition) is 5. The van der Waals surface area contributed by atoms with Crippen molar-refractivity contribution in [2.45, 2.75) is 19.4 Å². The normalized spacial score (nSPS) is 15.9.